The summed E-state index contributed by atoms with van der Waals surface area (Å²) >= 11 is 3.48. The SMILES string of the molecule is Cc1ccc2c(Nc3ncnc(Oc4ccc(Br)c5cccnc45)c3[N+](=O)[O-])cccc2n1. The van der Waals surface area contributed by atoms with Gasteiger partial charge in [-0.15, -0.1) is 0 Å². The van der Waals surface area contributed by atoms with Gasteiger partial charge in [0.15, 0.2) is 5.75 Å². The van der Waals surface area contributed by atoms with E-state index in [1.54, 1.807) is 30.5 Å². The average molecular weight is 503 g/mol. The van der Waals surface area contributed by atoms with Crippen LogP contribution in [0.15, 0.2) is 71.6 Å². The summed E-state index contributed by atoms with van der Waals surface area (Å²) in [5.74, 6) is 0.153. The molecule has 0 aliphatic rings. The Labute approximate surface area is 195 Å². The summed E-state index contributed by atoms with van der Waals surface area (Å²) in [6, 6.07) is 16.4. The first-order chi connectivity index (χ1) is 16.0. The summed E-state index contributed by atoms with van der Waals surface area (Å²) in [5.41, 5.74) is 2.43. The lowest BCUT2D eigenvalue weighted by Gasteiger charge is -2.12. The normalized spacial score (nSPS) is 11.0. The number of benzene rings is 2. The van der Waals surface area contributed by atoms with E-state index in [2.05, 4.69) is 41.2 Å². The van der Waals surface area contributed by atoms with Crippen LogP contribution < -0.4 is 10.1 Å². The number of anilines is 2. The molecule has 0 unspecified atom stereocenters. The summed E-state index contributed by atoms with van der Waals surface area (Å²) < 4.78 is 6.72. The fourth-order valence-electron chi connectivity index (χ4n) is 3.49. The van der Waals surface area contributed by atoms with E-state index >= 15 is 0 Å². The molecule has 3 aromatic heterocycles. The zero-order valence-corrected chi connectivity index (χ0v) is 18.8. The number of rotatable bonds is 5. The lowest BCUT2D eigenvalue weighted by molar-refractivity contribution is -0.385. The van der Waals surface area contributed by atoms with Crippen molar-refractivity contribution in [3.63, 3.8) is 0 Å². The van der Waals surface area contributed by atoms with Crippen LogP contribution in [0.2, 0.25) is 0 Å². The van der Waals surface area contributed by atoms with Gasteiger partial charge in [0.25, 0.3) is 0 Å². The molecule has 0 atom stereocenters. The van der Waals surface area contributed by atoms with Crippen LogP contribution in [0.3, 0.4) is 0 Å². The van der Waals surface area contributed by atoms with Gasteiger partial charge < -0.3 is 10.1 Å². The second kappa shape index (κ2) is 8.40. The number of nitro groups is 1. The minimum absolute atomic E-state index is 0.00690. The van der Waals surface area contributed by atoms with Crippen molar-refractivity contribution >= 4 is 54.9 Å². The quantitative estimate of drug-likeness (QED) is 0.226. The first kappa shape index (κ1) is 20.7. The molecular weight excluding hydrogens is 488 g/mol. The molecule has 9 nitrogen and oxygen atoms in total. The first-order valence-corrected chi connectivity index (χ1v) is 10.6. The van der Waals surface area contributed by atoms with Gasteiger partial charge in [0.1, 0.15) is 11.8 Å². The third-order valence-corrected chi connectivity index (χ3v) is 5.67. The third-order valence-electron chi connectivity index (χ3n) is 4.98. The Kier molecular flexibility index (Phi) is 5.27. The summed E-state index contributed by atoms with van der Waals surface area (Å²) in [6.07, 6.45) is 2.84. The molecule has 10 heteroatoms. The summed E-state index contributed by atoms with van der Waals surface area (Å²) in [6.45, 7) is 1.90. The third kappa shape index (κ3) is 3.92. The molecule has 5 rings (SSSR count). The van der Waals surface area contributed by atoms with Crippen LogP contribution in [0.25, 0.3) is 21.8 Å². The van der Waals surface area contributed by atoms with E-state index in [-0.39, 0.29) is 17.4 Å². The van der Waals surface area contributed by atoms with Crippen molar-refractivity contribution < 1.29 is 9.66 Å². The Bertz CT molecular complexity index is 1540. The number of nitrogens with one attached hydrogen (secondary N) is 1. The number of fused-ring (bicyclic) bond motifs is 2. The average Bonchev–Trinajstić information content (AvgIpc) is 2.81. The molecule has 0 radical (unpaired) electrons. The minimum atomic E-state index is -0.570. The number of nitrogens with zero attached hydrogens (tertiary/aromatic N) is 5. The highest BCUT2D eigenvalue weighted by atomic mass is 79.9. The van der Waals surface area contributed by atoms with E-state index in [0.717, 1.165) is 26.5 Å². The molecule has 0 bridgehead atoms. The monoisotopic (exact) mass is 502 g/mol. The van der Waals surface area contributed by atoms with Crippen LogP contribution in [0, 0.1) is 17.0 Å². The predicted molar refractivity (Wildman–Crippen MR) is 128 cm³/mol. The molecule has 5 aromatic rings. The zero-order chi connectivity index (χ0) is 22.9. The smallest absolute Gasteiger partial charge is 0.373 e. The number of aromatic nitrogens is 4. The topological polar surface area (TPSA) is 116 Å². The van der Waals surface area contributed by atoms with Crippen molar-refractivity contribution in [2.75, 3.05) is 5.32 Å². The van der Waals surface area contributed by atoms with E-state index in [0.29, 0.717) is 17.0 Å². The largest absolute Gasteiger partial charge is 0.431 e. The fourth-order valence-corrected chi connectivity index (χ4v) is 3.94. The van der Waals surface area contributed by atoms with Gasteiger partial charge >= 0.3 is 11.6 Å². The Morgan fingerprint density at radius 3 is 2.73 bits per heavy atom. The number of hydrogen-bond donors (Lipinski definition) is 1. The van der Waals surface area contributed by atoms with Crippen molar-refractivity contribution in [1.82, 2.24) is 19.9 Å². The van der Waals surface area contributed by atoms with Gasteiger partial charge in [-0.2, -0.15) is 4.98 Å². The molecule has 0 saturated heterocycles. The van der Waals surface area contributed by atoms with Gasteiger partial charge in [-0.05, 0) is 49.4 Å². The maximum atomic E-state index is 12.0. The van der Waals surface area contributed by atoms with E-state index < -0.39 is 4.92 Å². The highest BCUT2D eigenvalue weighted by Gasteiger charge is 2.26. The zero-order valence-electron chi connectivity index (χ0n) is 17.2. The number of hydrogen-bond acceptors (Lipinski definition) is 8. The van der Waals surface area contributed by atoms with Crippen LogP contribution in [-0.2, 0) is 0 Å². The van der Waals surface area contributed by atoms with Gasteiger partial charge in [-0.3, -0.25) is 20.1 Å². The lowest BCUT2D eigenvalue weighted by atomic mass is 10.1. The highest BCUT2D eigenvalue weighted by molar-refractivity contribution is 9.10. The first-order valence-electron chi connectivity index (χ1n) is 9.85. The Morgan fingerprint density at radius 2 is 1.88 bits per heavy atom. The molecule has 33 heavy (non-hydrogen) atoms. The molecule has 3 heterocycles. The molecule has 2 aromatic carbocycles. The van der Waals surface area contributed by atoms with Crippen LogP contribution in [0.1, 0.15) is 5.69 Å². The van der Waals surface area contributed by atoms with E-state index in [1.165, 1.54) is 6.33 Å². The fraction of sp³-hybridized carbons (Fsp3) is 0.0435. The van der Waals surface area contributed by atoms with Crippen molar-refractivity contribution in [1.29, 1.82) is 0 Å². The molecule has 0 spiro atoms. The summed E-state index contributed by atoms with van der Waals surface area (Å²) in [7, 11) is 0. The van der Waals surface area contributed by atoms with Crippen molar-refractivity contribution in [3.8, 4) is 11.6 Å². The van der Waals surface area contributed by atoms with Gasteiger partial charge in [0.2, 0.25) is 5.82 Å². The molecule has 0 saturated carbocycles. The summed E-state index contributed by atoms with van der Waals surface area (Å²) in [4.78, 5) is 28.5. The number of pyridine rings is 2. The second-order valence-corrected chi connectivity index (χ2v) is 7.98. The lowest BCUT2D eigenvalue weighted by Crippen LogP contribution is -2.04. The van der Waals surface area contributed by atoms with Gasteiger partial charge in [0.05, 0.1) is 10.4 Å². The predicted octanol–water partition coefficient (Wildman–Crippen LogP) is 6.09. The van der Waals surface area contributed by atoms with Crippen LogP contribution in [0.5, 0.6) is 11.6 Å². The molecular formula is C23H15BrN6O3. The number of aryl methyl sites for hydroxylation is 1. The van der Waals surface area contributed by atoms with E-state index in [1.807, 2.05) is 37.3 Å². The van der Waals surface area contributed by atoms with Gasteiger partial charge in [-0.1, -0.05) is 28.1 Å². The molecule has 0 fully saturated rings. The van der Waals surface area contributed by atoms with Crippen molar-refractivity contribution in [2.24, 2.45) is 0 Å². The standard InChI is InChI=1S/C23H15BrN6O3/c1-13-7-8-15-17(28-13)5-2-6-18(15)29-22-21(30(31)32)23(27-12-26-22)33-19-10-9-16(24)14-4-3-11-25-20(14)19/h2-12H,1H3,(H,26,27,29). The molecule has 1 N–H and O–H groups in total. The van der Waals surface area contributed by atoms with Crippen LogP contribution >= 0.6 is 15.9 Å². The summed E-state index contributed by atoms with van der Waals surface area (Å²) in [5, 5.41) is 16.7. The number of ether oxygens (including phenoxy) is 1. The van der Waals surface area contributed by atoms with E-state index in [9.17, 15) is 10.1 Å². The molecule has 162 valence electrons. The highest BCUT2D eigenvalue weighted by Crippen LogP contribution is 2.39. The molecule has 0 aliphatic heterocycles. The van der Waals surface area contributed by atoms with E-state index in [4.69, 9.17) is 4.74 Å². The minimum Gasteiger partial charge on any atom is -0.431 e. The molecule has 0 aliphatic carbocycles. The van der Waals surface area contributed by atoms with Gasteiger partial charge in [-0.25, -0.2) is 4.98 Å². The van der Waals surface area contributed by atoms with Crippen molar-refractivity contribution in [2.45, 2.75) is 6.92 Å². The Morgan fingerprint density at radius 1 is 1.00 bits per heavy atom. The van der Waals surface area contributed by atoms with Crippen LogP contribution in [-0.4, -0.2) is 24.9 Å². The van der Waals surface area contributed by atoms with Crippen LogP contribution in [0.4, 0.5) is 17.2 Å². The molecule has 0 amide bonds. The van der Waals surface area contributed by atoms with Crippen molar-refractivity contribution in [3.05, 3.63) is 87.4 Å². The maximum absolute atomic E-state index is 12.0. The number of halogens is 1. The Balaban J connectivity index is 1.59. The maximum Gasteiger partial charge on any atom is 0.373 e. The Hall–Kier alpha value is -4.18. The second-order valence-electron chi connectivity index (χ2n) is 7.13. The van der Waals surface area contributed by atoms with Gasteiger partial charge in [0, 0.05) is 32.8 Å².